The third kappa shape index (κ3) is 2.93. The van der Waals surface area contributed by atoms with E-state index in [1.165, 1.54) is 6.07 Å². The second kappa shape index (κ2) is 5.40. The quantitative estimate of drug-likeness (QED) is 0.920. The summed E-state index contributed by atoms with van der Waals surface area (Å²) in [5.74, 6) is -0.384. The normalized spacial score (nSPS) is 12.5. The van der Waals surface area contributed by atoms with Gasteiger partial charge in [0.25, 0.3) is 0 Å². The van der Waals surface area contributed by atoms with Gasteiger partial charge in [-0.25, -0.2) is 4.39 Å². The first-order valence-corrected chi connectivity index (χ1v) is 6.14. The summed E-state index contributed by atoms with van der Waals surface area (Å²) in [6.07, 6.45) is 2.85. The Hall–Kier alpha value is -1.88. The van der Waals surface area contributed by atoms with Gasteiger partial charge in [-0.05, 0) is 19.1 Å². The van der Waals surface area contributed by atoms with Gasteiger partial charge in [-0.1, -0.05) is 6.07 Å². The standard InChI is InChI=1S/C14H18FN3O/c1-10(19)14-12(15)5-4-6-13(14)17(2)8-11-7-16-18(3)9-11/h4-7,9-10,19H,8H2,1-3H3/t10-/m0/s1. The lowest BCUT2D eigenvalue weighted by Crippen LogP contribution is -2.19. The number of nitrogens with zero attached hydrogens (tertiary/aromatic N) is 3. The van der Waals surface area contributed by atoms with E-state index in [0.717, 1.165) is 5.56 Å². The maximum absolute atomic E-state index is 13.8. The minimum Gasteiger partial charge on any atom is -0.389 e. The number of hydrogen-bond donors (Lipinski definition) is 1. The fourth-order valence-corrected chi connectivity index (χ4v) is 2.18. The van der Waals surface area contributed by atoms with Gasteiger partial charge >= 0.3 is 0 Å². The zero-order valence-electron chi connectivity index (χ0n) is 11.3. The molecule has 102 valence electrons. The fraction of sp³-hybridized carbons (Fsp3) is 0.357. The number of anilines is 1. The number of aromatic nitrogens is 2. The van der Waals surface area contributed by atoms with E-state index in [4.69, 9.17) is 0 Å². The second-order valence-electron chi connectivity index (χ2n) is 4.73. The first kappa shape index (κ1) is 13.5. The van der Waals surface area contributed by atoms with Crippen molar-refractivity contribution in [3.05, 3.63) is 47.5 Å². The Bertz CT molecular complexity index is 566. The molecule has 1 N–H and O–H groups in total. The molecule has 0 aliphatic heterocycles. The summed E-state index contributed by atoms with van der Waals surface area (Å²) in [6, 6.07) is 4.82. The Labute approximate surface area is 112 Å². The van der Waals surface area contributed by atoms with Crippen LogP contribution in [0.4, 0.5) is 10.1 Å². The molecule has 0 radical (unpaired) electrons. The van der Waals surface area contributed by atoms with Crippen LogP contribution in [0.5, 0.6) is 0 Å². The van der Waals surface area contributed by atoms with Crippen molar-refractivity contribution in [1.82, 2.24) is 9.78 Å². The van der Waals surface area contributed by atoms with Gasteiger partial charge in [-0.2, -0.15) is 5.10 Å². The number of aliphatic hydroxyl groups excluding tert-OH is 1. The molecule has 0 fully saturated rings. The largest absolute Gasteiger partial charge is 0.389 e. The predicted molar refractivity (Wildman–Crippen MR) is 72.3 cm³/mol. The van der Waals surface area contributed by atoms with Crippen LogP contribution in [0.25, 0.3) is 0 Å². The summed E-state index contributed by atoms with van der Waals surface area (Å²) >= 11 is 0. The number of halogens is 1. The molecule has 19 heavy (non-hydrogen) atoms. The third-order valence-electron chi connectivity index (χ3n) is 3.04. The van der Waals surface area contributed by atoms with Crippen LogP contribution in [-0.2, 0) is 13.6 Å². The summed E-state index contributed by atoms with van der Waals surface area (Å²) in [6.45, 7) is 2.18. The van der Waals surface area contributed by atoms with E-state index in [0.29, 0.717) is 17.8 Å². The minimum atomic E-state index is -0.840. The highest BCUT2D eigenvalue weighted by molar-refractivity contribution is 5.54. The van der Waals surface area contributed by atoms with Crippen molar-refractivity contribution < 1.29 is 9.50 Å². The van der Waals surface area contributed by atoms with E-state index in [9.17, 15) is 9.50 Å². The van der Waals surface area contributed by atoms with Crippen LogP contribution in [0.2, 0.25) is 0 Å². The molecule has 0 bridgehead atoms. The average molecular weight is 263 g/mol. The predicted octanol–water partition coefficient (Wildman–Crippen LogP) is 2.25. The number of benzene rings is 1. The lowest BCUT2D eigenvalue weighted by atomic mass is 10.1. The minimum absolute atomic E-state index is 0.328. The first-order chi connectivity index (χ1) is 8.99. The van der Waals surface area contributed by atoms with Crippen molar-refractivity contribution in [2.24, 2.45) is 7.05 Å². The maximum atomic E-state index is 13.8. The van der Waals surface area contributed by atoms with Gasteiger partial charge < -0.3 is 10.0 Å². The van der Waals surface area contributed by atoms with Crippen molar-refractivity contribution >= 4 is 5.69 Å². The molecule has 0 aliphatic carbocycles. The van der Waals surface area contributed by atoms with Crippen LogP contribution in [0, 0.1) is 5.82 Å². The average Bonchev–Trinajstić information content (AvgIpc) is 2.73. The number of aliphatic hydroxyl groups is 1. The summed E-state index contributed by atoms with van der Waals surface area (Å²) in [5.41, 5.74) is 2.05. The molecule has 1 aromatic heterocycles. The molecular formula is C14H18FN3O. The second-order valence-corrected chi connectivity index (χ2v) is 4.73. The van der Waals surface area contributed by atoms with E-state index in [1.807, 2.05) is 31.3 Å². The molecular weight excluding hydrogens is 245 g/mol. The first-order valence-electron chi connectivity index (χ1n) is 6.14. The van der Waals surface area contributed by atoms with Gasteiger partial charge in [-0.3, -0.25) is 4.68 Å². The molecule has 1 heterocycles. The molecule has 0 spiro atoms. The molecule has 2 aromatic rings. The van der Waals surface area contributed by atoms with Crippen LogP contribution in [0.15, 0.2) is 30.6 Å². The lowest BCUT2D eigenvalue weighted by molar-refractivity contribution is 0.194. The summed E-state index contributed by atoms with van der Waals surface area (Å²) in [4.78, 5) is 1.90. The monoisotopic (exact) mass is 263 g/mol. The highest BCUT2D eigenvalue weighted by atomic mass is 19.1. The Morgan fingerprint density at radius 1 is 1.47 bits per heavy atom. The number of aryl methyl sites for hydroxylation is 1. The van der Waals surface area contributed by atoms with Gasteiger partial charge in [0.15, 0.2) is 0 Å². The van der Waals surface area contributed by atoms with Crippen molar-refractivity contribution in [2.75, 3.05) is 11.9 Å². The van der Waals surface area contributed by atoms with Gasteiger partial charge in [0.1, 0.15) is 5.82 Å². The smallest absolute Gasteiger partial charge is 0.131 e. The molecule has 2 rings (SSSR count). The SMILES string of the molecule is C[C@H](O)c1c(F)cccc1N(C)Cc1cnn(C)c1. The zero-order chi connectivity index (χ0) is 14.0. The summed E-state index contributed by atoms with van der Waals surface area (Å²) in [5, 5.41) is 13.8. The highest BCUT2D eigenvalue weighted by Crippen LogP contribution is 2.29. The zero-order valence-corrected chi connectivity index (χ0v) is 11.3. The van der Waals surface area contributed by atoms with Crippen LogP contribution in [0.1, 0.15) is 24.2 Å². The lowest BCUT2D eigenvalue weighted by Gasteiger charge is -2.23. The van der Waals surface area contributed by atoms with Crippen molar-refractivity contribution in [3.63, 3.8) is 0 Å². The topological polar surface area (TPSA) is 41.3 Å². The molecule has 4 nitrogen and oxygen atoms in total. The van der Waals surface area contributed by atoms with Crippen LogP contribution in [-0.4, -0.2) is 21.9 Å². The molecule has 1 atom stereocenters. The van der Waals surface area contributed by atoms with Gasteiger partial charge in [-0.15, -0.1) is 0 Å². The Balaban J connectivity index is 2.28. The number of rotatable bonds is 4. The van der Waals surface area contributed by atoms with Crippen LogP contribution < -0.4 is 4.90 Å². The molecule has 5 heteroatoms. The summed E-state index contributed by atoms with van der Waals surface area (Å²) < 4.78 is 15.5. The molecule has 0 saturated heterocycles. The molecule has 0 amide bonds. The van der Waals surface area contributed by atoms with E-state index in [-0.39, 0.29) is 5.82 Å². The number of hydrogen-bond acceptors (Lipinski definition) is 3. The Morgan fingerprint density at radius 3 is 2.79 bits per heavy atom. The van der Waals surface area contributed by atoms with Crippen LogP contribution >= 0.6 is 0 Å². The van der Waals surface area contributed by atoms with E-state index in [2.05, 4.69) is 5.10 Å². The van der Waals surface area contributed by atoms with Crippen molar-refractivity contribution in [1.29, 1.82) is 0 Å². The molecule has 1 aromatic carbocycles. The van der Waals surface area contributed by atoms with E-state index < -0.39 is 6.10 Å². The van der Waals surface area contributed by atoms with Crippen molar-refractivity contribution in [2.45, 2.75) is 19.6 Å². The van der Waals surface area contributed by atoms with Gasteiger partial charge in [0.2, 0.25) is 0 Å². The van der Waals surface area contributed by atoms with Crippen LogP contribution in [0.3, 0.4) is 0 Å². The molecule has 0 aliphatic rings. The van der Waals surface area contributed by atoms with Gasteiger partial charge in [0, 0.05) is 43.7 Å². The van der Waals surface area contributed by atoms with Crippen molar-refractivity contribution in [3.8, 4) is 0 Å². The Morgan fingerprint density at radius 2 is 2.21 bits per heavy atom. The highest BCUT2D eigenvalue weighted by Gasteiger charge is 2.16. The Kier molecular flexibility index (Phi) is 3.85. The third-order valence-corrected chi connectivity index (χ3v) is 3.04. The fourth-order valence-electron chi connectivity index (χ4n) is 2.18. The van der Waals surface area contributed by atoms with E-state index >= 15 is 0 Å². The van der Waals surface area contributed by atoms with Gasteiger partial charge in [0.05, 0.1) is 12.3 Å². The van der Waals surface area contributed by atoms with E-state index in [1.54, 1.807) is 23.9 Å². The molecule has 0 saturated carbocycles. The summed E-state index contributed by atoms with van der Waals surface area (Å²) in [7, 11) is 3.72. The molecule has 0 unspecified atom stereocenters. The maximum Gasteiger partial charge on any atom is 0.131 e.